The summed E-state index contributed by atoms with van der Waals surface area (Å²) in [6.07, 6.45) is 1.37. The lowest BCUT2D eigenvalue weighted by atomic mass is 10.3. The van der Waals surface area contributed by atoms with Crippen LogP contribution in [0.3, 0.4) is 0 Å². The molecule has 1 heterocycles. The van der Waals surface area contributed by atoms with Crippen molar-refractivity contribution in [3.63, 3.8) is 0 Å². The minimum Gasteiger partial charge on any atom is -0.279 e. The van der Waals surface area contributed by atoms with Crippen LogP contribution in [0.15, 0.2) is 38.4 Å². The Morgan fingerprint density at radius 3 is 2.53 bits per heavy atom. The Labute approximate surface area is 111 Å². The van der Waals surface area contributed by atoms with Gasteiger partial charge in [-0.05, 0) is 44.0 Å². The van der Waals surface area contributed by atoms with Gasteiger partial charge in [0.1, 0.15) is 4.60 Å². The van der Waals surface area contributed by atoms with E-state index in [1.807, 2.05) is 0 Å². The van der Waals surface area contributed by atoms with Crippen LogP contribution < -0.4 is 5.56 Å². The lowest BCUT2D eigenvalue weighted by Crippen LogP contribution is -2.20. The summed E-state index contributed by atoms with van der Waals surface area (Å²) in [7, 11) is 0. The number of halogens is 4. The third kappa shape index (κ3) is 2.44. The van der Waals surface area contributed by atoms with Gasteiger partial charge in [0.2, 0.25) is 0 Å². The topological polar surface area (TPSA) is 34.9 Å². The van der Waals surface area contributed by atoms with Gasteiger partial charge in [0.15, 0.2) is 16.2 Å². The van der Waals surface area contributed by atoms with Gasteiger partial charge >= 0.3 is 0 Å². The molecule has 0 fully saturated rings. The third-order valence-electron chi connectivity index (χ3n) is 2.02. The van der Waals surface area contributed by atoms with Gasteiger partial charge in [0.25, 0.3) is 5.56 Å². The van der Waals surface area contributed by atoms with E-state index < -0.39 is 17.2 Å². The van der Waals surface area contributed by atoms with Crippen molar-refractivity contribution in [1.82, 2.24) is 9.55 Å². The fourth-order valence-electron chi connectivity index (χ4n) is 1.26. The molecule has 0 bridgehead atoms. The highest BCUT2D eigenvalue weighted by atomic mass is 79.9. The van der Waals surface area contributed by atoms with Crippen molar-refractivity contribution < 1.29 is 8.78 Å². The lowest BCUT2D eigenvalue weighted by molar-refractivity contribution is 0.508. The zero-order valence-electron chi connectivity index (χ0n) is 8.12. The number of benzene rings is 1. The largest absolute Gasteiger partial charge is 0.288 e. The molecule has 0 aliphatic rings. The van der Waals surface area contributed by atoms with E-state index in [2.05, 4.69) is 36.8 Å². The van der Waals surface area contributed by atoms with Crippen molar-refractivity contribution >= 4 is 31.9 Å². The quantitative estimate of drug-likeness (QED) is 0.778. The van der Waals surface area contributed by atoms with Crippen LogP contribution in [-0.2, 0) is 0 Å². The molecular weight excluding hydrogens is 362 g/mol. The summed E-state index contributed by atoms with van der Waals surface area (Å²) in [6.45, 7) is 0. The molecule has 3 nitrogen and oxygen atoms in total. The van der Waals surface area contributed by atoms with E-state index in [1.54, 1.807) is 0 Å². The molecule has 88 valence electrons. The summed E-state index contributed by atoms with van der Waals surface area (Å²) in [6, 6.07) is 3.20. The van der Waals surface area contributed by atoms with Gasteiger partial charge in [-0.1, -0.05) is 0 Å². The van der Waals surface area contributed by atoms with E-state index in [4.69, 9.17) is 0 Å². The molecule has 1 aromatic carbocycles. The van der Waals surface area contributed by atoms with E-state index in [0.29, 0.717) is 4.60 Å². The van der Waals surface area contributed by atoms with Gasteiger partial charge in [0.05, 0.1) is 5.69 Å². The van der Waals surface area contributed by atoms with Crippen molar-refractivity contribution in [2.75, 3.05) is 0 Å². The van der Waals surface area contributed by atoms with E-state index in [0.717, 1.165) is 16.7 Å². The molecule has 0 amide bonds. The van der Waals surface area contributed by atoms with E-state index in [1.165, 1.54) is 12.3 Å². The Kier molecular flexibility index (Phi) is 3.39. The van der Waals surface area contributed by atoms with Gasteiger partial charge < -0.3 is 0 Å². The molecule has 0 spiro atoms. The van der Waals surface area contributed by atoms with E-state index in [-0.39, 0.29) is 10.3 Å². The van der Waals surface area contributed by atoms with Crippen molar-refractivity contribution in [3.8, 4) is 5.69 Å². The zero-order chi connectivity index (χ0) is 12.6. The Bertz CT molecular complexity index is 643. The second kappa shape index (κ2) is 4.66. The van der Waals surface area contributed by atoms with Crippen molar-refractivity contribution in [1.29, 1.82) is 0 Å². The summed E-state index contributed by atoms with van der Waals surface area (Å²) in [4.78, 5) is 15.6. The summed E-state index contributed by atoms with van der Waals surface area (Å²) in [5, 5.41) is 0. The maximum atomic E-state index is 13.1. The van der Waals surface area contributed by atoms with Crippen molar-refractivity contribution in [3.05, 3.63) is 55.6 Å². The summed E-state index contributed by atoms with van der Waals surface area (Å²) in [5.74, 6) is -1.98. The fraction of sp³-hybridized carbons (Fsp3) is 0. The highest BCUT2D eigenvalue weighted by Gasteiger charge is 2.09. The second-order valence-electron chi connectivity index (χ2n) is 3.13. The Balaban J connectivity index is 2.68. The molecule has 2 aromatic rings. The molecular formula is C10H4Br2F2N2O. The average molecular weight is 366 g/mol. The van der Waals surface area contributed by atoms with Crippen LogP contribution in [-0.4, -0.2) is 9.55 Å². The maximum absolute atomic E-state index is 13.1. The molecule has 0 atom stereocenters. The smallest absolute Gasteiger partial charge is 0.279 e. The van der Waals surface area contributed by atoms with Crippen LogP contribution >= 0.6 is 31.9 Å². The molecule has 0 radical (unpaired) electrons. The Morgan fingerprint density at radius 2 is 1.88 bits per heavy atom. The van der Waals surface area contributed by atoms with Gasteiger partial charge in [-0.15, -0.1) is 0 Å². The zero-order valence-corrected chi connectivity index (χ0v) is 11.3. The highest BCUT2D eigenvalue weighted by Crippen LogP contribution is 2.14. The predicted molar refractivity (Wildman–Crippen MR) is 65.1 cm³/mol. The summed E-state index contributed by atoms with van der Waals surface area (Å²) in [5.41, 5.74) is -0.239. The van der Waals surface area contributed by atoms with Crippen LogP contribution in [0.2, 0.25) is 0 Å². The number of nitrogens with zero attached hydrogens (tertiary/aromatic N) is 2. The second-order valence-corrected chi connectivity index (χ2v) is 4.69. The molecule has 0 unspecified atom stereocenters. The Morgan fingerprint density at radius 1 is 1.18 bits per heavy atom. The van der Waals surface area contributed by atoms with Gasteiger partial charge in [-0.3, -0.25) is 9.36 Å². The molecule has 17 heavy (non-hydrogen) atoms. The normalized spacial score (nSPS) is 10.6. The fourth-order valence-corrected chi connectivity index (χ4v) is 2.26. The standard InChI is InChI=1S/C10H4Br2F2N2O/c11-8-4-16(10(17)9(12)15-8)5-1-2-6(13)7(14)3-5/h1-4H. The van der Waals surface area contributed by atoms with Crippen molar-refractivity contribution in [2.45, 2.75) is 0 Å². The van der Waals surface area contributed by atoms with Gasteiger partial charge in [-0.2, -0.15) is 0 Å². The van der Waals surface area contributed by atoms with Crippen LogP contribution in [0.25, 0.3) is 5.69 Å². The predicted octanol–water partition coefficient (Wildman–Crippen LogP) is 3.04. The first-order chi connectivity index (χ1) is 7.99. The first-order valence-corrected chi connectivity index (χ1v) is 5.98. The molecule has 7 heteroatoms. The van der Waals surface area contributed by atoms with E-state index in [9.17, 15) is 13.6 Å². The molecule has 2 rings (SSSR count). The first kappa shape index (κ1) is 12.4. The SMILES string of the molecule is O=c1c(Br)nc(Br)cn1-c1ccc(F)c(F)c1. The minimum atomic E-state index is -1.02. The summed E-state index contributed by atoms with van der Waals surface area (Å²) >= 11 is 6.09. The van der Waals surface area contributed by atoms with Crippen LogP contribution in [0.5, 0.6) is 0 Å². The number of aromatic nitrogens is 2. The Hall–Kier alpha value is -1.08. The monoisotopic (exact) mass is 364 g/mol. The lowest BCUT2D eigenvalue weighted by Gasteiger charge is -2.06. The minimum absolute atomic E-state index is 0.0802. The number of rotatable bonds is 1. The van der Waals surface area contributed by atoms with Crippen LogP contribution in [0, 0.1) is 11.6 Å². The summed E-state index contributed by atoms with van der Waals surface area (Å²) < 4.78 is 27.5. The number of hydrogen-bond donors (Lipinski definition) is 0. The van der Waals surface area contributed by atoms with Crippen LogP contribution in [0.1, 0.15) is 0 Å². The molecule has 0 N–H and O–H groups in total. The molecule has 0 saturated carbocycles. The third-order valence-corrected chi connectivity index (χ3v) is 2.92. The van der Waals surface area contributed by atoms with Crippen molar-refractivity contribution in [2.24, 2.45) is 0 Å². The molecule has 0 aliphatic heterocycles. The highest BCUT2D eigenvalue weighted by molar-refractivity contribution is 9.11. The number of hydrogen-bond acceptors (Lipinski definition) is 2. The van der Waals surface area contributed by atoms with E-state index >= 15 is 0 Å². The van der Waals surface area contributed by atoms with Gasteiger partial charge in [0, 0.05) is 12.3 Å². The van der Waals surface area contributed by atoms with Crippen LogP contribution in [0.4, 0.5) is 8.78 Å². The first-order valence-electron chi connectivity index (χ1n) is 4.39. The van der Waals surface area contributed by atoms with Gasteiger partial charge in [-0.25, -0.2) is 13.8 Å². The average Bonchev–Trinajstić information content (AvgIpc) is 2.27. The molecule has 0 saturated heterocycles. The molecule has 0 aliphatic carbocycles. The molecule has 1 aromatic heterocycles. The maximum Gasteiger partial charge on any atom is 0.288 e.